The van der Waals surface area contributed by atoms with Gasteiger partial charge in [-0.2, -0.15) is 5.26 Å². The lowest BCUT2D eigenvalue weighted by atomic mass is 9.88. The zero-order chi connectivity index (χ0) is 31.1. The molecule has 0 aliphatic carbocycles. The van der Waals surface area contributed by atoms with E-state index in [0.717, 1.165) is 77.6 Å². The fourth-order valence-corrected chi connectivity index (χ4v) is 7.97. The molecule has 1 unspecified atom stereocenters. The highest BCUT2D eigenvalue weighted by molar-refractivity contribution is 7.99. The molecular formula is C34H34N6O4S. The van der Waals surface area contributed by atoms with E-state index in [9.17, 15) is 4.79 Å². The van der Waals surface area contributed by atoms with Gasteiger partial charge in [-0.15, -0.1) is 22.0 Å². The van der Waals surface area contributed by atoms with Crippen molar-refractivity contribution in [2.24, 2.45) is 11.8 Å². The Morgan fingerprint density at radius 1 is 1.11 bits per heavy atom. The maximum atomic E-state index is 13.1. The van der Waals surface area contributed by atoms with E-state index in [2.05, 4.69) is 35.1 Å². The molecule has 1 aromatic carbocycles. The van der Waals surface area contributed by atoms with Crippen molar-refractivity contribution in [2.75, 3.05) is 19.0 Å². The number of aryl methyl sites for hydroxylation is 2. The summed E-state index contributed by atoms with van der Waals surface area (Å²) in [6.45, 7) is 8.16. The number of benzene rings is 1. The van der Waals surface area contributed by atoms with Crippen LogP contribution in [0.3, 0.4) is 0 Å². The first-order valence-electron chi connectivity index (χ1n) is 15.5. The highest BCUT2D eigenvalue weighted by atomic mass is 32.2. The number of aromatic nitrogens is 5. The third-order valence-corrected chi connectivity index (χ3v) is 10.1. The summed E-state index contributed by atoms with van der Waals surface area (Å²) in [6, 6.07) is 11.4. The molecule has 0 N–H and O–H groups in total. The summed E-state index contributed by atoms with van der Waals surface area (Å²) in [5, 5.41) is 17.8. The Morgan fingerprint density at radius 3 is 2.67 bits per heavy atom. The summed E-state index contributed by atoms with van der Waals surface area (Å²) in [5.74, 6) is 2.78. The molecule has 0 bridgehead atoms. The van der Waals surface area contributed by atoms with Crippen molar-refractivity contribution < 1.29 is 13.6 Å². The smallest absolute Gasteiger partial charge is 0.420 e. The zero-order valence-corrected chi connectivity index (χ0v) is 26.4. The number of hydrogen-bond donors (Lipinski definition) is 0. The van der Waals surface area contributed by atoms with Crippen LogP contribution in [0.25, 0.3) is 33.7 Å². The van der Waals surface area contributed by atoms with E-state index in [1.165, 1.54) is 6.20 Å². The molecular weight excluding hydrogens is 588 g/mol. The Labute approximate surface area is 264 Å². The van der Waals surface area contributed by atoms with Gasteiger partial charge >= 0.3 is 5.76 Å². The van der Waals surface area contributed by atoms with Crippen molar-refractivity contribution >= 4 is 22.9 Å². The molecule has 2 aliphatic rings. The molecule has 0 saturated carbocycles. The summed E-state index contributed by atoms with van der Waals surface area (Å²) in [6.07, 6.45) is 5.42. The maximum Gasteiger partial charge on any atom is 0.420 e. The Kier molecular flexibility index (Phi) is 8.02. The normalized spacial score (nSPS) is 16.8. The molecule has 45 heavy (non-hydrogen) atoms. The molecule has 1 fully saturated rings. The summed E-state index contributed by atoms with van der Waals surface area (Å²) in [4.78, 5) is 23.9. The molecule has 6 heterocycles. The number of hydrogen-bond acceptors (Lipinski definition) is 10. The first-order chi connectivity index (χ1) is 21.9. The number of fused-ring (bicyclic) bond motifs is 2. The fraction of sp³-hybridized carbons (Fsp3) is 0.412. The van der Waals surface area contributed by atoms with Crippen LogP contribution in [-0.4, -0.2) is 43.7 Å². The molecule has 0 radical (unpaired) electrons. The van der Waals surface area contributed by atoms with Gasteiger partial charge in [0.15, 0.2) is 5.58 Å². The number of nitrogens with zero attached hydrogens (tertiary/aromatic N) is 6. The van der Waals surface area contributed by atoms with Crippen molar-refractivity contribution in [3.63, 3.8) is 0 Å². The SMILES string of the molecule is Cc1nnc(-c2c(CCC3CCOCC3)nc3c(c2-c2ccc4c(c2)oc(=O)n4Cc2ccc(C#N)cn2)SCC3C(C)C)o1. The summed E-state index contributed by atoms with van der Waals surface area (Å²) in [7, 11) is 0. The van der Waals surface area contributed by atoms with Crippen LogP contribution in [0.1, 0.15) is 67.6 Å². The lowest BCUT2D eigenvalue weighted by Gasteiger charge is -2.23. The van der Waals surface area contributed by atoms with Crippen molar-refractivity contribution in [3.05, 3.63) is 75.6 Å². The Balaban J connectivity index is 1.36. The van der Waals surface area contributed by atoms with Gasteiger partial charge in [-0.05, 0) is 67.3 Å². The van der Waals surface area contributed by atoms with Crippen molar-refractivity contribution in [1.29, 1.82) is 5.26 Å². The molecule has 1 saturated heterocycles. The molecule has 7 rings (SSSR count). The van der Waals surface area contributed by atoms with Gasteiger partial charge < -0.3 is 13.6 Å². The summed E-state index contributed by atoms with van der Waals surface area (Å²) >= 11 is 1.82. The van der Waals surface area contributed by atoms with Crippen LogP contribution in [0, 0.1) is 30.1 Å². The van der Waals surface area contributed by atoms with Crippen LogP contribution in [0.5, 0.6) is 0 Å². The molecule has 230 valence electrons. The number of nitriles is 1. The lowest BCUT2D eigenvalue weighted by molar-refractivity contribution is 0.0639. The Hall–Kier alpha value is -4.27. The Bertz CT molecular complexity index is 1960. The molecule has 4 aromatic heterocycles. The van der Waals surface area contributed by atoms with Gasteiger partial charge in [0.1, 0.15) is 6.07 Å². The third kappa shape index (κ3) is 5.69. The van der Waals surface area contributed by atoms with Gasteiger partial charge in [0, 0.05) is 48.5 Å². The van der Waals surface area contributed by atoms with Crippen molar-refractivity contribution in [2.45, 2.75) is 63.8 Å². The highest BCUT2D eigenvalue weighted by Gasteiger charge is 2.35. The number of rotatable bonds is 8. The van der Waals surface area contributed by atoms with Crippen LogP contribution in [0.4, 0.5) is 0 Å². The molecule has 2 aliphatic heterocycles. The average Bonchev–Trinajstić information content (AvgIpc) is 3.76. The molecule has 11 heteroatoms. The maximum absolute atomic E-state index is 13.1. The number of oxazole rings is 1. The molecule has 0 spiro atoms. The summed E-state index contributed by atoms with van der Waals surface area (Å²) in [5.41, 5.74) is 7.15. The predicted molar refractivity (Wildman–Crippen MR) is 170 cm³/mol. The number of thioether (sulfide) groups is 1. The largest absolute Gasteiger partial charge is 0.421 e. The molecule has 10 nitrogen and oxygen atoms in total. The van der Waals surface area contributed by atoms with E-state index >= 15 is 0 Å². The average molecular weight is 623 g/mol. The molecule has 1 atom stereocenters. The van der Waals surface area contributed by atoms with Crippen molar-refractivity contribution in [3.8, 4) is 28.7 Å². The van der Waals surface area contributed by atoms with E-state index in [1.54, 1.807) is 23.6 Å². The first kappa shape index (κ1) is 29.4. The van der Waals surface area contributed by atoms with Crippen LogP contribution in [-0.2, 0) is 17.7 Å². The summed E-state index contributed by atoms with van der Waals surface area (Å²) < 4.78 is 19.1. The van der Waals surface area contributed by atoms with Gasteiger partial charge in [0.2, 0.25) is 11.8 Å². The minimum absolute atomic E-state index is 0.232. The lowest BCUT2D eigenvalue weighted by Crippen LogP contribution is -2.17. The second kappa shape index (κ2) is 12.3. The van der Waals surface area contributed by atoms with Crippen LogP contribution < -0.4 is 5.76 Å². The van der Waals surface area contributed by atoms with E-state index < -0.39 is 5.76 Å². The van der Waals surface area contributed by atoms with Crippen LogP contribution >= 0.6 is 11.8 Å². The van der Waals surface area contributed by atoms with Gasteiger partial charge in [0.05, 0.1) is 40.3 Å². The minimum Gasteiger partial charge on any atom is -0.421 e. The minimum atomic E-state index is -0.465. The monoisotopic (exact) mass is 622 g/mol. The van der Waals surface area contributed by atoms with E-state index in [-0.39, 0.29) is 6.54 Å². The van der Waals surface area contributed by atoms with Gasteiger partial charge in [0.25, 0.3) is 0 Å². The van der Waals surface area contributed by atoms with Crippen LogP contribution in [0.2, 0.25) is 0 Å². The molecule has 5 aromatic rings. The molecule has 0 amide bonds. The second-order valence-electron chi connectivity index (χ2n) is 12.2. The zero-order valence-electron chi connectivity index (χ0n) is 25.6. The Morgan fingerprint density at radius 2 is 1.96 bits per heavy atom. The standard InChI is InChI=1S/C34H34N6O4S/c1-19(2)25-18-45-32-29(23-6-9-27-28(14-23)44-34(41)40(27)17-24-7-4-22(15-35)16-36-24)30(33-39-38-20(3)43-33)26(37-31(25)32)8-5-21-10-12-42-13-11-21/h4,6-7,9,14,16,19,21,25H,5,8,10-13,17-18H2,1-3H3. The van der Waals surface area contributed by atoms with E-state index in [4.69, 9.17) is 23.8 Å². The number of ether oxygens (including phenoxy) is 1. The quantitative estimate of drug-likeness (QED) is 0.188. The topological polar surface area (TPSA) is 133 Å². The van der Waals surface area contributed by atoms with Crippen molar-refractivity contribution in [1.82, 2.24) is 24.7 Å². The highest BCUT2D eigenvalue weighted by Crippen LogP contribution is 2.51. The van der Waals surface area contributed by atoms with Gasteiger partial charge in [-0.3, -0.25) is 14.5 Å². The van der Waals surface area contributed by atoms with Gasteiger partial charge in [-0.1, -0.05) is 19.9 Å². The fourth-order valence-electron chi connectivity index (χ4n) is 6.37. The van der Waals surface area contributed by atoms with Crippen LogP contribution in [0.15, 0.2) is 55.1 Å². The first-order valence-corrected chi connectivity index (χ1v) is 16.4. The second-order valence-corrected chi connectivity index (χ2v) is 13.2. The van der Waals surface area contributed by atoms with E-state index in [1.807, 2.05) is 30.0 Å². The van der Waals surface area contributed by atoms with Gasteiger partial charge in [-0.25, -0.2) is 4.79 Å². The predicted octanol–water partition coefficient (Wildman–Crippen LogP) is 6.53. The number of pyridine rings is 2. The van der Waals surface area contributed by atoms with E-state index in [0.29, 0.717) is 51.9 Å². The third-order valence-electron chi connectivity index (χ3n) is 8.92.